The van der Waals surface area contributed by atoms with Crippen molar-refractivity contribution in [1.29, 1.82) is 0 Å². The molecule has 0 N–H and O–H groups in total. The average Bonchev–Trinajstić information content (AvgIpc) is 3.01. The lowest BCUT2D eigenvalue weighted by molar-refractivity contribution is 0.880. The summed E-state index contributed by atoms with van der Waals surface area (Å²) in [5.41, 5.74) is 10.1. The van der Waals surface area contributed by atoms with Crippen molar-refractivity contribution in [2.75, 3.05) is 11.4 Å². The summed E-state index contributed by atoms with van der Waals surface area (Å²) < 4.78 is 0. The monoisotopic (exact) mass is 319 g/mol. The SMILES string of the molecule is C=CN1CCc2ccc(C(C)c3ccc(CCC)c(C)c3C)cc21. The van der Waals surface area contributed by atoms with Gasteiger partial charge in [0.1, 0.15) is 0 Å². The van der Waals surface area contributed by atoms with Gasteiger partial charge in [0.15, 0.2) is 0 Å². The predicted molar refractivity (Wildman–Crippen MR) is 105 cm³/mol. The fourth-order valence-corrected chi connectivity index (χ4v) is 3.97. The van der Waals surface area contributed by atoms with E-state index >= 15 is 0 Å². The van der Waals surface area contributed by atoms with Gasteiger partial charge >= 0.3 is 0 Å². The Hall–Kier alpha value is -2.02. The molecule has 1 unspecified atom stereocenters. The molecule has 24 heavy (non-hydrogen) atoms. The molecular weight excluding hydrogens is 290 g/mol. The van der Waals surface area contributed by atoms with Gasteiger partial charge in [0, 0.05) is 18.2 Å². The van der Waals surface area contributed by atoms with Crippen LogP contribution in [-0.2, 0) is 12.8 Å². The number of rotatable bonds is 5. The highest BCUT2D eigenvalue weighted by Gasteiger charge is 2.20. The van der Waals surface area contributed by atoms with Crippen molar-refractivity contribution in [2.24, 2.45) is 0 Å². The van der Waals surface area contributed by atoms with E-state index in [0.717, 1.165) is 13.0 Å². The van der Waals surface area contributed by atoms with Crippen LogP contribution in [-0.4, -0.2) is 6.54 Å². The van der Waals surface area contributed by atoms with Crippen LogP contribution >= 0.6 is 0 Å². The van der Waals surface area contributed by atoms with Gasteiger partial charge in [-0.15, -0.1) is 0 Å². The average molecular weight is 319 g/mol. The zero-order valence-corrected chi connectivity index (χ0v) is 15.5. The minimum Gasteiger partial charge on any atom is -0.348 e. The fourth-order valence-electron chi connectivity index (χ4n) is 3.97. The van der Waals surface area contributed by atoms with Gasteiger partial charge in [-0.1, -0.05) is 51.1 Å². The minimum absolute atomic E-state index is 0.414. The molecule has 126 valence electrons. The summed E-state index contributed by atoms with van der Waals surface area (Å²) in [6.45, 7) is 14.1. The number of anilines is 1. The van der Waals surface area contributed by atoms with Crippen LogP contribution in [0.25, 0.3) is 0 Å². The molecule has 0 aliphatic carbocycles. The molecule has 0 saturated carbocycles. The summed E-state index contributed by atoms with van der Waals surface area (Å²) in [5.74, 6) is 0.414. The Bertz CT molecular complexity index is 757. The number of hydrogen-bond acceptors (Lipinski definition) is 1. The van der Waals surface area contributed by atoms with Crippen molar-refractivity contribution in [1.82, 2.24) is 0 Å². The standard InChI is InChI=1S/C23H29N/c1-6-8-19-11-12-22(17(4)16(19)3)18(5)21-10-9-20-13-14-24(7-2)23(20)15-21/h7,9-12,15,18H,2,6,8,13-14H2,1,3-5H3. The molecule has 2 aromatic rings. The third kappa shape index (κ3) is 2.88. The molecule has 1 heterocycles. The maximum absolute atomic E-state index is 3.95. The third-order valence-electron chi connectivity index (χ3n) is 5.69. The first-order chi connectivity index (χ1) is 11.6. The minimum atomic E-state index is 0.414. The fraction of sp³-hybridized carbons (Fsp3) is 0.391. The summed E-state index contributed by atoms with van der Waals surface area (Å²) in [4.78, 5) is 2.27. The number of fused-ring (bicyclic) bond motifs is 1. The van der Waals surface area contributed by atoms with Crippen LogP contribution < -0.4 is 4.90 Å². The molecule has 1 atom stereocenters. The molecule has 1 nitrogen and oxygen atoms in total. The second kappa shape index (κ2) is 6.84. The van der Waals surface area contributed by atoms with Gasteiger partial charge in [-0.2, -0.15) is 0 Å². The van der Waals surface area contributed by atoms with Crippen LogP contribution in [0, 0.1) is 13.8 Å². The Balaban J connectivity index is 1.97. The molecule has 2 aromatic carbocycles. The lowest BCUT2D eigenvalue weighted by Crippen LogP contribution is -2.11. The topological polar surface area (TPSA) is 3.24 Å². The Kier molecular flexibility index (Phi) is 4.80. The molecule has 0 saturated heterocycles. The number of hydrogen-bond donors (Lipinski definition) is 0. The van der Waals surface area contributed by atoms with E-state index in [2.05, 4.69) is 69.5 Å². The molecule has 1 aliphatic rings. The molecular formula is C23H29N. The molecule has 0 fully saturated rings. The zero-order valence-electron chi connectivity index (χ0n) is 15.5. The number of aryl methyl sites for hydroxylation is 1. The van der Waals surface area contributed by atoms with E-state index in [1.807, 2.05) is 6.20 Å². The van der Waals surface area contributed by atoms with Gasteiger partial charge in [0.05, 0.1) is 0 Å². The van der Waals surface area contributed by atoms with E-state index in [-0.39, 0.29) is 0 Å². The largest absolute Gasteiger partial charge is 0.348 e. The van der Waals surface area contributed by atoms with Gasteiger partial charge in [-0.05, 0) is 72.3 Å². The summed E-state index contributed by atoms with van der Waals surface area (Å²) >= 11 is 0. The zero-order chi connectivity index (χ0) is 17.3. The Labute approximate surface area is 147 Å². The lowest BCUT2D eigenvalue weighted by Gasteiger charge is -2.21. The number of benzene rings is 2. The van der Waals surface area contributed by atoms with Crippen LogP contribution in [0.4, 0.5) is 5.69 Å². The highest BCUT2D eigenvalue weighted by Crippen LogP contribution is 2.35. The summed E-state index contributed by atoms with van der Waals surface area (Å²) in [6.07, 6.45) is 5.46. The first-order valence-corrected chi connectivity index (χ1v) is 9.17. The summed E-state index contributed by atoms with van der Waals surface area (Å²) in [6, 6.07) is 11.7. The van der Waals surface area contributed by atoms with Gasteiger partial charge < -0.3 is 4.90 Å². The van der Waals surface area contributed by atoms with Crippen molar-refractivity contribution in [3.63, 3.8) is 0 Å². The third-order valence-corrected chi connectivity index (χ3v) is 5.69. The smallest absolute Gasteiger partial charge is 0.0442 e. The predicted octanol–water partition coefficient (Wildman–Crippen LogP) is 5.91. The molecule has 0 amide bonds. The molecule has 1 aliphatic heterocycles. The normalized spacial score (nSPS) is 14.6. The van der Waals surface area contributed by atoms with Gasteiger partial charge in [-0.25, -0.2) is 0 Å². The lowest BCUT2D eigenvalue weighted by atomic mass is 9.85. The molecule has 0 spiro atoms. The van der Waals surface area contributed by atoms with Crippen LogP contribution in [0.2, 0.25) is 0 Å². The Morgan fingerprint density at radius 3 is 2.67 bits per heavy atom. The van der Waals surface area contributed by atoms with Gasteiger partial charge in [0.25, 0.3) is 0 Å². The molecule has 0 radical (unpaired) electrons. The first-order valence-electron chi connectivity index (χ1n) is 9.17. The van der Waals surface area contributed by atoms with E-state index in [9.17, 15) is 0 Å². The molecule has 1 heteroatoms. The summed E-state index contributed by atoms with van der Waals surface area (Å²) in [7, 11) is 0. The van der Waals surface area contributed by atoms with Crippen LogP contribution in [0.5, 0.6) is 0 Å². The maximum atomic E-state index is 3.95. The second-order valence-electron chi connectivity index (χ2n) is 7.05. The van der Waals surface area contributed by atoms with Gasteiger partial charge in [0.2, 0.25) is 0 Å². The van der Waals surface area contributed by atoms with Crippen molar-refractivity contribution in [2.45, 2.75) is 52.9 Å². The quantitative estimate of drug-likeness (QED) is 0.662. The van der Waals surface area contributed by atoms with E-state index < -0.39 is 0 Å². The Morgan fingerprint density at radius 2 is 1.96 bits per heavy atom. The van der Waals surface area contributed by atoms with E-state index in [1.54, 1.807) is 0 Å². The van der Waals surface area contributed by atoms with Crippen molar-refractivity contribution < 1.29 is 0 Å². The molecule has 3 rings (SSSR count). The highest BCUT2D eigenvalue weighted by molar-refractivity contribution is 5.62. The van der Waals surface area contributed by atoms with E-state index in [0.29, 0.717) is 5.92 Å². The van der Waals surface area contributed by atoms with Crippen LogP contribution in [0.15, 0.2) is 43.1 Å². The first kappa shape index (κ1) is 16.8. The van der Waals surface area contributed by atoms with Crippen LogP contribution in [0.1, 0.15) is 59.6 Å². The molecule has 0 bridgehead atoms. The maximum Gasteiger partial charge on any atom is 0.0442 e. The van der Waals surface area contributed by atoms with Crippen molar-refractivity contribution in [3.05, 3.63) is 76.5 Å². The van der Waals surface area contributed by atoms with Crippen molar-refractivity contribution >= 4 is 5.69 Å². The Morgan fingerprint density at radius 1 is 1.17 bits per heavy atom. The van der Waals surface area contributed by atoms with E-state index in [4.69, 9.17) is 0 Å². The van der Waals surface area contributed by atoms with Gasteiger partial charge in [-0.3, -0.25) is 0 Å². The number of nitrogens with zero attached hydrogens (tertiary/aromatic N) is 1. The summed E-state index contributed by atoms with van der Waals surface area (Å²) in [5, 5.41) is 0. The van der Waals surface area contributed by atoms with E-state index in [1.165, 1.54) is 51.9 Å². The van der Waals surface area contributed by atoms with Crippen molar-refractivity contribution in [3.8, 4) is 0 Å². The van der Waals surface area contributed by atoms with Crippen LogP contribution in [0.3, 0.4) is 0 Å². The molecule has 0 aromatic heterocycles. The highest BCUT2D eigenvalue weighted by atomic mass is 15.1. The second-order valence-corrected chi connectivity index (χ2v) is 7.05.